The molecule has 0 atom stereocenters. The molecule has 0 aliphatic heterocycles. The van der Waals surface area contributed by atoms with Gasteiger partial charge >= 0.3 is 0 Å². The highest BCUT2D eigenvalue weighted by molar-refractivity contribution is 5.88. The Hall–Kier alpha value is -8.26. The topological polar surface area (TPSA) is 145 Å². The van der Waals surface area contributed by atoms with Crippen molar-refractivity contribution in [2.75, 3.05) is 0 Å². The van der Waals surface area contributed by atoms with Crippen LogP contribution in [-0.4, -0.2) is 0 Å². The van der Waals surface area contributed by atoms with Gasteiger partial charge in [0.25, 0.3) is 0 Å². The first-order valence-electron chi connectivity index (χ1n) is 18.6. The van der Waals surface area contributed by atoms with Gasteiger partial charge in [0.2, 0.25) is 0 Å². The first-order valence-corrected chi connectivity index (χ1v) is 18.6. The van der Waals surface area contributed by atoms with Gasteiger partial charge in [-0.05, 0) is 166 Å². The summed E-state index contributed by atoms with van der Waals surface area (Å²) in [4.78, 5) is 0. The zero-order valence-electron chi connectivity index (χ0n) is 32.5. The van der Waals surface area contributed by atoms with Crippen LogP contribution in [0.3, 0.4) is 0 Å². The molecule has 0 saturated heterocycles. The Labute approximate surface area is 345 Å². The molecule has 0 saturated carbocycles. The number of aryl methyl sites for hydroxylation is 3. The largest absolute Gasteiger partial charge is 0.326 e. The molecule has 2 N–H and O–H groups in total. The van der Waals surface area contributed by atoms with Gasteiger partial charge in [-0.1, -0.05) is 36.4 Å². The van der Waals surface area contributed by atoms with E-state index < -0.39 is 17.5 Å². The predicted octanol–water partition coefficient (Wildman–Crippen LogP) is 11.8. The molecule has 0 bridgehead atoms. The monoisotopic (exact) mass is 784 g/mol. The molecular weight excluding hydrogens is 754 g/mol. The van der Waals surface area contributed by atoms with Crippen molar-refractivity contribution in [2.24, 2.45) is 5.73 Å². The molecule has 60 heavy (non-hydrogen) atoms. The van der Waals surface area contributed by atoms with Gasteiger partial charge in [0.15, 0.2) is 0 Å². The molecule has 7 rings (SSSR count). The van der Waals surface area contributed by atoms with Gasteiger partial charge in [0.1, 0.15) is 35.7 Å². The minimum atomic E-state index is -0.752. The molecule has 0 aromatic heterocycles. The number of benzene rings is 7. The normalized spacial score (nSPS) is 10.6. The van der Waals surface area contributed by atoms with Crippen LogP contribution in [0, 0.1) is 94.9 Å². The van der Waals surface area contributed by atoms with Crippen LogP contribution in [-0.2, 0) is 6.54 Å². The Morgan fingerprint density at radius 1 is 0.383 bits per heavy atom. The minimum absolute atomic E-state index is 0.0900. The predicted molar refractivity (Wildman–Crippen MR) is 225 cm³/mol. The number of nitrogens with zero attached hydrogens (tertiary/aromatic N) is 5. The molecule has 0 aliphatic rings. The zero-order valence-corrected chi connectivity index (χ0v) is 32.5. The molecule has 286 valence electrons. The number of rotatable bonds is 7. The maximum atomic E-state index is 15.8. The van der Waals surface area contributed by atoms with Crippen LogP contribution in [0.5, 0.6) is 0 Å². The fourth-order valence-corrected chi connectivity index (χ4v) is 7.45. The zero-order chi connectivity index (χ0) is 42.8. The van der Waals surface area contributed by atoms with Crippen molar-refractivity contribution in [3.8, 4) is 97.1 Å². The quantitative estimate of drug-likeness (QED) is 0.170. The van der Waals surface area contributed by atoms with E-state index in [4.69, 9.17) is 5.73 Å². The van der Waals surface area contributed by atoms with Gasteiger partial charge in [-0.3, -0.25) is 0 Å². The summed E-state index contributed by atoms with van der Waals surface area (Å²) in [5, 5.41) is 48.3. The SMILES string of the molecule is Cc1ccc(-c2cc(C#N)cc(C#N)c2F)cc1-c1cc(-c2cc(-c3cc(C#N)cc(C#N)c3F)ccc2C)cc(-c2cc(-c3cc(CN)cc(C#N)c3F)ccc2C)c1. The lowest BCUT2D eigenvalue weighted by Crippen LogP contribution is -2.00. The second-order valence-electron chi connectivity index (χ2n) is 14.4. The highest BCUT2D eigenvalue weighted by Gasteiger charge is 2.20. The van der Waals surface area contributed by atoms with Crippen LogP contribution in [0.25, 0.3) is 66.8 Å². The van der Waals surface area contributed by atoms with E-state index in [1.54, 1.807) is 36.4 Å². The molecule has 0 radical (unpaired) electrons. The summed E-state index contributed by atoms with van der Waals surface area (Å²) in [6.07, 6.45) is 0. The van der Waals surface area contributed by atoms with Crippen molar-refractivity contribution in [1.29, 1.82) is 26.3 Å². The third-order valence-electron chi connectivity index (χ3n) is 10.6. The van der Waals surface area contributed by atoms with Crippen LogP contribution in [0.15, 0.2) is 109 Å². The van der Waals surface area contributed by atoms with Gasteiger partial charge < -0.3 is 5.73 Å². The molecule has 0 amide bonds. The lowest BCUT2D eigenvalue weighted by molar-refractivity contribution is 0.626. The van der Waals surface area contributed by atoms with E-state index in [2.05, 4.69) is 0 Å². The number of halogens is 3. The highest BCUT2D eigenvalue weighted by atomic mass is 19.1. The average Bonchev–Trinajstić information content (AvgIpc) is 3.27. The second-order valence-corrected chi connectivity index (χ2v) is 14.4. The molecule has 0 unspecified atom stereocenters. The molecule has 0 heterocycles. The Bertz CT molecular complexity index is 3020. The Morgan fingerprint density at radius 2 is 0.717 bits per heavy atom. The molecule has 0 aliphatic carbocycles. The fraction of sp³-hybridized carbons (Fsp3) is 0.0784. The van der Waals surface area contributed by atoms with Crippen molar-refractivity contribution >= 4 is 0 Å². The lowest BCUT2D eigenvalue weighted by Gasteiger charge is -2.18. The maximum Gasteiger partial charge on any atom is 0.148 e. The summed E-state index contributed by atoms with van der Waals surface area (Å²) in [5.74, 6) is -2.17. The second kappa shape index (κ2) is 16.3. The fourth-order valence-electron chi connectivity index (χ4n) is 7.45. The van der Waals surface area contributed by atoms with Crippen molar-refractivity contribution in [3.05, 3.63) is 177 Å². The van der Waals surface area contributed by atoms with E-state index in [0.29, 0.717) is 44.5 Å². The van der Waals surface area contributed by atoms with Gasteiger partial charge in [0.05, 0.1) is 40.0 Å². The number of nitrogens with two attached hydrogens (primary N) is 1. The van der Waals surface area contributed by atoms with Crippen molar-refractivity contribution in [1.82, 2.24) is 0 Å². The summed E-state index contributed by atoms with van der Waals surface area (Å²) in [7, 11) is 0. The summed E-state index contributed by atoms with van der Waals surface area (Å²) in [6, 6.07) is 40.0. The Morgan fingerprint density at radius 3 is 1.03 bits per heavy atom. The first kappa shape index (κ1) is 40.0. The summed E-state index contributed by atoms with van der Waals surface area (Å²) >= 11 is 0. The lowest BCUT2D eigenvalue weighted by atomic mass is 9.86. The van der Waals surface area contributed by atoms with E-state index in [9.17, 15) is 26.3 Å². The van der Waals surface area contributed by atoms with E-state index in [1.807, 2.05) is 93.6 Å². The van der Waals surface area contributed by atoms with Crippen LogP contribution < -0.4 is 5.73 Å². The summed E-state index contributed by atoms with van der Waals surface area (Å²) in [5.41, 5.74) is 14.8. The average molecular weight is 785 g/mol. The third kappa shape index (κ3) is 7.36. The molecule has 0 fully saturated rings. The Kier molecular flexibility index (Phi) is 10.9. The van der Waals surface area contributed by atoms with E-state index in [-0.39, 0.29) is 51.1 Å². The summed E-state index contributed by atoms with van der Waals surface area (Å²) < 4.78 is 47.2. The van der Waals surface area contributed by atoms with E-state index in [0.717, 1.165) is 27.8 Å². The third-order valence-corrected chi connectivity index (χ3v) is 10.6. The van der Waals surface area contributed by atoms with E-state index >= 15 is 13.2 Å². The number of hydrogen-bond donors (Lipinski definition) is 1. The van der Waals surface area contributed by atoms with Gasteiger partial charge in [-0.2, -0.15) is 26.3 Å². The molecule has 7 aromatic carbocycles. The van der Waals surface area contributed by atoms with Crippen LogP contribution in [0.4, 0.5) is 13.2 Å². The van der Waals surface area contributed by atoms with Crippen molar-refractivity contribution in [2.45, 2.75) is 27.3 Å². The van der Waals surface area contributed by atoms with Crippen LogP contribution >= 0.6 is 0 Å². The standard InChI is InChI=1S/C51H31F3N6/c1-28-4-7-34(46-13-31(22-55)10-40(25-58)49(46)52)19-43(28)37-16-38(44-20-35(8-5-29(44)2)47-14-32(23-56)11-41(26-59)50(47)53)18-39(17-37)45-21-36(9-6-30(45)3)48-15-33(24-57)12-42(27-60)51(48)54/h4-21H,22,55H2,1-3H3. The summed E-state index contributed by atoms with van der Waals surface area (Å²) in [6.45, 7) is 5.84. The van der Waals surface area contributed by atoms with Gasteiger partial charge in [-0.15, -0.1) is 0 Å². The minimum Gasteiger partial charge on any atom is -0.326 e. The van der Waals surface area contributed by atoms with E-state index in [1.165, 1.54) is 30.3 Å². The first-order chi connectivity index (χ1) is 28.9. The molecule has 9 heteroatoms. The molecular formula is C51H31F3N6. The van der Waals surface area contributed by atoms with Crippen molar-refractivity contribution in [3.63, 3.8) is 0 Å². The molecule has 7 aromatic rings. The number of hydrogen-bond acceptors (Lipinski definition) is 6. The van der Waals surface area contributed by atoms with Gasteiger partial charge in [0, 0.05) is 23.2 Å². The molecule has 0 spiro atoms. The Balaban J connectivity index is 1.50. The van der Waals surface area contributed by atoms with Crippen LogP contribution in [0.1, 0.15) is 50.1 Å². The van der Waals surface area contributed by atoms with Crippen molar-refractivity contribution < 1.29 is 13.2 Å². The molecule has 6 nitrogen and oxygen atoms in total. The highest BCUT2D eigenvalue weighted by Crippen LogP contribution is 2.41. The van der Waals surface area contributed by atoms with Crippen LogP contribution in [0.2, 0.25) is 0 Å². The van der Waals surface area contributed by atoms with Gasteiger partial charge in [-0.25, -0.2) is 13.2 Å². The maximum absolute atomic E-state index is 15.8. The number of nitriles is 5. The smallest absolute Gasteiger partial charge is 0.148 e.